The molecule has 0 aromatic carbocycles. The van der Waals surface area contributed by atoms with Crippen molar-refractivity contribution in [1.29, 1.82) is 0 Å². The van der Waals surface area contributed by atoms with Gasteiger partial charge in [0.05, 0.1) is 11.6 Å². The van der Waals surface area contributed by atoms with E-state index in [0.717, 1.165) is 19.3 Å². The lowest BCUT2D eigenvalue weighted by atomic mass is 9.94. The fourth-order valence-corrected chi connectivity index (χ4v) is 1.27. The third kappa shape index (κ3) is 5.04. The quantitative estimate of drug-likeness (QED) is 0.461. The first-order chi connectivity index (χ1) is 7.83. The monoisotopic (exact) mass is 245 g/mol. The first-order valence-corrected chi connectivity index (χ1v) is 6.42. The van der Waals surface area contributed by atoms with Crippen molar-refractivity contribution in [3.63, 3.8) is 0 Å². The number of hydrogen-bond acceptors (Lipinski definition) is 4. The fourth-order valence-electron chi connectivity index (χ4n) is 1.27. The average Bonchev–Trinajstić information content (AvgIpc) is 2.29. The average molecular weight is 245 g/mol. The Labute approximate surface area is 104 Å². The number of rotatable bonds is 9. The number of carboxylic acids is 1. The van der Waals surface area contributed by atoms with Crippen LogP contribution in [0.15, 0.2) is 0 Å². The molecule has 0 saturated carbocycles. The molecule has 1 atom stereocenters. The van der Waals surface area contributed by atoms with Gasteiger partial charge in [0, 0.05) is 0 Å². The van der Waals surface area contributed by atoms with Gasteiger partial charge in [-0.3, -0.25) is 0 Å². The van der Waals surface area contributed by atoms with Crippen molar-refractivity contribution in [2.75, 3.05) is 0 Å². The van der Waals surface area contributed by atoms with Crippen molar-refractivity contribution in [2.45, 2.75) is 77.9 Å². The molecular formula is C13H25O4-. The van der Waals surface area contributed by atoms with Gasteiger partial charge in [-0.1, -0.05) is 33.6 Å². The minimum absolute atomic E-state index is 0.342. The Morgan fingerprint density at radius 1 is 1.12 bits per heavy atom. The van der Waals surface area contributed by atoms with E-state index in [4.69, 9.17) is 9.78 Å². The molecule has 17 heavy (non-hydrogen) atoms. The van der Waals surface area contributed by atoms with Gasteiger partial charge in [-0.2, -0.15) is 0 Å². The fraction of sp³-hybridized carbons (Fsp3) is 0.923. The SMILES string of the molecule is CCCCC(CC)(OOC(C)(C)CC)C(=O)[O-]. The molecule has 0 rings (SSSR count). The zero-order chi connectivity index (χ0) is 13.5. The van der Waals surface area contributed by atoms with Crippen LogP contribution in [0.5, 0.6) is 0 Å². The first kappa shape index (κ1) is 16.4. The molecule has 4 heteroatoms. The van der Waals surface area contributed by atoms with Gasteiger partial charge < -0.3 is 9.90 Å². The second kappa shape index (κ2) is 6.97. The molecule has 0 N–H and O–H groups in total. The predicted molar refractivity (Wildman–Crippen MR) is 64.1 cm³/mol. The number of unbranched alkanes of at least 4 members (excludes halogenated alkanes) is 1. The van der Waals surface area contributed by atoms with Crippen molar-refractivity contribution in [3.8, 4) is 0 Å². The van der Waals surface area contributed by atoms with E-state index in [-0.39, 0.29) is 0 Å². The van der Waals surface area contributed by atoms with Gasteiger partial charge in [0.1, 0.15) is 5.60 Å². The van der Waals surface area contributed by atoms with E-state index in [1.165, 1.54) is 0 Å². The molecule has 0 aliphatic rings. The molecule has 0 fully saturated rings. The summed E-state index contributed by atoms with van der Waals surface area (Å²) in [6, 6.07) is 0. The molecular weight excluding hydrogens is 220 g/mol. The lowest BCUT2D eigenvalue weighted by molar-refractivity contribution is -0.424. The van der Waals surface area contributed by atoms with Gasteiger partial charge in [-0.25, -0.2) is 9.78 Å². The van der Waals surface area contributed by atoms with Crippen LogP contribution in [0, 0.1) is 0 Å². The second-order valence-electron chi connectivity index (χ2n) is 5.02. The lowest BCUT2D eigenvalue weighted by Gasteiger charge is -2.35. The smallest absolute Gasteiger partial charge is 0.142 e. The molecule has 0 radical (unpaired) electrons. The van der Waals surface area contributed by atoms with Crippen molar-refractivity contribution < 1.29 is 19.7 Å². The molecule has 1 unspecified atom stereocenters. The van der Waals surface area contributed by atoms with Crippen LogP contribution < -0.4 is 5.11 Å². The summed E-state index contributed by atoms with van der Waals surface area (Å²) in [5, 5.41) is 11.2. The third-order valence-electron chi connectivity index (χ3n) is 3.16. The van der Waals surface area contributed by atoms with E-state index in [9.17, 15) is 9.90 Å². The number of carbonyl (C=O) groups is 1. The summed E-state index contributed by atoms with van der Waals surface area (Å²) in [4.78, 5) is 21.8. The molecule has 0 aliphatic heterocycles. The summed E-state index contributed by atoms with van der Waals surface area (Å²) in [6.45, 7) is 9.47. The number of aliphatic carboxylic acids is 1. The van der Waals surface area contributed by atoms with Gasteiger partial charge in [-0.15, -0.1) is 0 Å². The first-order valence-electron chi connectivity index (χ1n) is 6.42. The molecule has 0 aromatic heterocycles. The van der Waals surface area contributed by atoms with E-state index < -0.39 is 17.2 Å². The maximum atomic E-state index is 11.2. The van der Waals surface area contributed by atoms with Crippen LogP contribution in [0.25, 0.3) is 0 Å². The van der Waals surface area contributed by atoms with Gasteiger partial charge in [0.2, 0.25) is 0 Å². The molecule has 0 saturated heterocycles. The highest BCUT2D eigenvalue weighted by Gasteiger charge is 2.34. The Balaban J connectivity index is 4.63. The third-order valence-corrected chi connectivity index (χ3v) is 3.16. The summed E-state index contributed by atoms with van der Waals surface area (Å²) >= 11 is 0. The Bertz CT molecular complexity index is 238. The van der Waals surface area contributed by atoms with Crippen molar-refractivity contribution in [3.05, 3.63) is 0 Å². The Morgan fingerprint density at radius 3 is 2.06 bits per heavy atom. The lowest BCUT2D eigenvalue weighted by Crippen LogP contribution is -2.51. The van der Waals surface area contributed by atoms with Crippen LogP contribution in [-0.2, 0) is 14.6 Å². The maximum Gasteiger partial charge on any atom is 0.142 e. The Morgan fingerprint density at radius 2 is 1.71 bits per heavy atom. The summed E-state index contributed by atoms with van der Waals surface area (Å²) in [5.74, 6) is -1.19. The van der Waals surface area contributed by atoms with Gasteiger partial charge in [0.15, 0.2) is 0 Å². The zero-order valence-electron chi connectivity index (χ0n) is 11.7. The minimum Gasteiger partial charge on any atom is -0.547 e. The Kier molecular flexibility index (Phi) is 6.72. The van der Waals surface area contributed by atoms with Crippen LogP contribution >= 0.6 is 0 Å². The van der Waals surface area contributed by atoms with Gasteiger partial charge in [-0.05, 0) is 33.1 Å². The molecule has 4 nitrogen and oxygen atoms in total. The number of carbonyl (C=O) groups excluding carboxylic acids is 1. The van der Waals surface area contributed by atoms with Gasteiger partial charge >= 0.3 is 0 Å². The molecule has 0 heterocycles. The standard InChI is InChI=1S/C13H26O4/c1-6-9-10-13(8-3,11(14)15)17-16-12(4,5)7-2/h6-10H2,1-5H3,(H,14,15)/p-1. The summed E-state index contributed by atoms with van der Waals surface area (Å²) < 4.78 is 0. The van der Waals surface area contributed by atoms with Crippen LogP contribution in [0.4, 0.5) is 0 Å². The second-order valence-corrected chi connectivity index (χ2v) is 5.02. The molecule has 0 aliphatic carbocycles. The highest BCUT2D eigenvalue weighted by molar-refractivity contribution is 5.75. The summed E-state index contributed by atoms with van der Waals surface area (Å²) in [5.41, 5.74) is -1.80. The summed E-state index contributed by atoms with van der Waals surface area (Å²) in [6.07, 6.45) is 3.19. The van der Waals surface area contributed by atoms with E-state index in [1.54, 1.807) is 6.92 Å². The largest absolute Gasteiger partial charge is 0.547 e. The highest BCUT2D eigenvalue weighted by Crippen LogP contribution is 2.26. The van der Waals surface area contributed by atoms with E-state index in [1.807, 2.05) is 27.7 Å². The predicted octanol–water partition coefficient (Wildman–Crippen LogP) is 2.21. The van der Waals surface area contributed by atoms with Crippen LogP contribution in [-0.4, -0.2) is 17.2 Å². The van der Waals surface area contributed by atoms with E-state index in [2.05, 4.69) is 0 Å². The van der Waals surface area contributed by atoms with Crippen molar-refractivity contribution in [2.24, 2.45) is 0 Å². The molecule has 0 aromatic rings. The van der Waals surface area contributed by atoms with Crippen LogP contribution in [0.2, 0.25) is 0 Å². The Hall–Kier alpha value is -0.610. The normalized spacial score (nSPS) is 15.6. The van der Waals surface area contributed by atoms with E-state index in [0.29, 0.717) is 12.8 Å². The minimum atomic E-state index is -1.32. The molecule has 0 spiro atoms. The zero-order valence-corrected chi connectivity index (χ0v) is 11.7. The van der Waals surface area contributed by atoms with Crippen LogP contribution in [0.1, 0.15) is 66.7 Å². The topological polar surface area (TPSA) is 58.6 Å². The van der Waals surface area contributed by atoms with Crippen molar-refractivity contribution in [1.82, 2.24) is 0 Å². The number of carboxylic acid groups (broad SMARTS) is 1. The summed E-state index contributed by atoms with van der Waals surface area (Å²) in [7, 11) is 0. The maximum absolute atomic E-state index is 11.2. The van der Waals surface area contributed by atoms with E-state index >= 15 is 0 Å². The molecule has 0 amide bonds. The molecule has 102 valence electrons. The van der Waals surface area contributed by atoms with Crippen molar-refractivity contribution >= 4 is 5.97 Å². The number of hydrogen-bond donors (Lipinski definition) is 0. The van der Waals surface area contributed by atoms with Gasteiger partial charge in [0.25, 0.3) is 0 Å². The highest BCUT2D eigenvalue weighted by atomic mass is 17.2. The molecule has 0 bridgehead atoms. The van der Waals surface area contributed by atoms with Crippen LogP contribution in [0.3, 0.4) is 0 Å².